The van der Waals surface area contributed by atoms with Gasteiger partial charge in [0.15, 0.2) is 12.5 Å². The number of carbonyl (C=O) groups excluding carboxylic acids is 1. The van der Waals surface area contributed by atoms with Crippen LogP contribution < -0.4 is 0 Å². The normalized spacial score (nSPS) is 27.8. The summed E-state index contributed by atoms with van der Waals surface area (Å²) in [6.45, 7) is 0.0567. The number of phosphoric ester groups is 1. The molecule has 0 aromatic heterocycles. The molecule has 0 saturated carbocycles. The highest BCUT2D eigenvalue weighted by atomic mass is 31.2. The van der Waals surface area contributed by atoms with E-state index in [0.29, 0.717) is 0 Å². The van der Waals surface area contributed by atoms with Crippen molar-refractivity contribution in [3.05, 3.63) is 0 Å². The van der Waals surface area contributed by atoms with Crippen LogP contribution >= 0.6 is 7.82 Å². The maximum absolute atomic E-state index is 14.7. The van der Waals surface area contributed by atoms with E-state index in [4.69, 9.17) is 19.6 Å². The number of aliphatic carboxylic acids is 3. The number of carboxylic acids is 3. The van der Waals surface area contributed by atoms with Crippen LogP contribution in [0.25, 0.3) is 0 Å². The second kappa shape index (κ2) is 10.8. The van der Waals surface area contributed by atoms with Crippen molar-refractivity contribution >= 4 is 31.7 Å². The molecule has 0 amide bonds. The Bertz CT molecular complexity index is 707. The number of hydrogen-bond acceptors (Lipinski definition) is 8. The highest BCUT2D eigenvalue weighted by molar-refractivity contribution is 7.46. The van der Waals surface area contributed by atoms with E-state index in [0.717, 1.165) is 6.92 Å². The largest absolute Gasteiger partial charge is 0.481 e. The fourth-order valence-electron chi connectivity index (χ4n) is 3.43. The highest BCUT2D eigenvalue weighted by Gasteiger charge is 2.52. The van der Waals surface area contributed by atoms with E-state index in [1.165, 1.54) is 0 Å². The van der Waals surface area contributed by atoms with Crippen molar-refractivity contribution in [3.63, 3.8) is 0 Å². The van der Waals surface area contributed by atoms with Crippen molar-refractivity contribution < 1.29 is 67.2 Å². The van der Waals surface area contributed by atoms with E-state index < -0.39 is 93.9 Å². The average molecular weight is 460 g/mol. The summed E-state index contributed by atoms with van der Waals surface area (Å²) in [5.74, 6) is -9.71. The van der Waals surface area contributed by atoms with Crippen molar-refractivity contribution in [1.29, 1.82) is 0 Å². The van der Waals surface area contributed by atoms with Crippen molar-refractivity contribution in [1.82, 2.24) is 0 Å². The Hall–Kier alpha value is -2.12. The number of halogens is 1. The van der Waals surface area contributed by atoms with Gasteiger partial charge in [0.1, 0.15) is 6.61 Å². The Kier molecular flexibility index (Phi) is 9.31. The van der Waals surface area contributed by atoms with Gasteiger partial charge < -0.3 is 34.6 Å². The van der Waals surface area contributed by atoms with Gasteiger partial charge in [0.2, 0.25) is 0 Å². The summed E-state index contributed by atoms with van der Waals surface area (Å²) in [5, 5.41) is 27.5. The van der Waals surface area contributed by atoms with Gasteiger partial charge in [-0.2, -0.15) is 0 Å². The SMILES string of the molecule is CC(=O)OCC(F)[C@H]1O[C@@H](OP(=O)(O)O)[C@@H](CC(=O)O)[C@@H](CC(=O)O)[C@@H]1CC(=O)O. The first-order valence-corrected chi connectivity index (χ1v) is 10.1. The van der Waals surface area contributed by atoms with Gasteiger partial charge in [0.05, 0.1) is 18.9 Å². The Balaban J connectivity index is 3.41. The first kappa shape index (κ1) is 25.9. The standard InChI is InChI=1S/C15H22FO13P/c1-6(17)27-5-10(16)14-8(3-12(20)21)7(2-11(18)19)9(4-13(22)23)15(28-14)29-30(24,25)26/h7-10,14-15H,2-5H2,1H3,(H,18,19)(H,20,21)(H,22,23)(H2,24,25,26)/t7-,8-,9-,10?,14-,15-/m0/s1. The second-order valence-electron chi connectivity index (χ2n) is 6.67. The molecule has 1 aliphatic rings. The zero-order valence-electron chi connectivity index (χ0n) is 15.6. The first-order chi connectivity index (χ1) is 13.7. The molecule has 1 heterocycles. The molecule has 1 unspecified atom stereocenters. The van der Waals surface area contributed by atoms with Crippen molar-refractivity contribution in [2.75, 3.05) is 6.61 Å². The van der Waals surface area contributed by atoms with Crippen LogP contribution in [0.1, 0.15) is 26.2 Å². The summed E-state index contributed by atoms with van der Waals surface area (Å²) in [6.07, 6.45) is -8.68. The zero-order chi connectivity index (χ0) is 23.2. The first-order valence-electron chi connectivity index (χ1n) is 8.53. The van der Waals surface area contributed by atoms with E-state index in [-0.39, 0.29) is 0 Å². The number of phosphoric acid groups is 1. The van der Waals surface area contributed by atoms with Crippen molar-refractivity contribution in [2.24, 2.45) is 17.8 Å². The number of rotatable bonds is 11. The molecule has 1 fully saturated rings. The second-order valence-corrected chi connectivity index (χ2v) is 7.86. The minimum atomic E-state index is -5.30. The van der Waals surface area contributed by atoms with E-state index in [1.807, 2.05) is 0 Å². The van der Waals surface area contributed by atoms with Crippen LogP contribution in [0.2, 0.25) is 0 Å². The van der Waals surface area contributed by atoms with E-state index in [2.05, 4.69) is 9.26 Å². The molecule has 0 aromatic rings. The van der Waals surface area contributed by atoms with Gasteiger partial charge >= 0.3 is 31.7 Å². The number of alkyl halides is 1. The number of carboxylic acid groups (broad SMARTS) is 3. The predicted molar refractivity (Wildman–Crippen MR) is 90.5 cm³/mol. The molecule has 0 bridgehead atoms. The molecule has 0 spiro atoms. The molecular formula is C15H22FO13P. The molecule has 5 N–H and O–H groups in total. The molecule has 6 atom stereocenters. The topological polar surface area (TPSA) is 214 Å². The third-order valence-corrected chi connectivity index (χ3v) is 4.92. The van der Waals surface area contributed by atoms with Gasteiger partial charge in [0, 0.05) is 25.2 Å². The number of hydrogen-bond donors (Lipinski definition) is 5. The fraction of sp³-hybridized carbons (Fsp3) is 0.733. The smallest absolute Gasteiger partial charge is 0.471 e. The summed E-state index contributed by atoms with van der Waals surface area (Å²) < 4.78 is 40.2. The Labute approximate surface area is 169 Å². The van der Waals surface area contributed by atoms with Crippen LogP contribution in [0.5, 0.6) is 0 Å². The molecule has 30 heavy (non-hydrogen) atoms. The highest BCUT2D eigenvalue weighted by Crippen LogP contribution is 2.48. The lowest BCUT2D eigenvalue weighted by molar-refractivity contribution is -0.247. The predicted octanol–water partition coefficient (Wildman–Crippen LogP) is -0.00550. The van der Waals surface area contributed by atoms with E-state index >= 15 is 0 Å². The minimum Gasteiger partial charge on any atom is -0.481 e. The number of esters is 1. The molecule has 1 aliphatic heterocycles. The molecule has 13 nitrogen and oxygen atoms in total. The number of carbonyl (C=O) groups is 4. The van der Waals surface area contributed by atoms with Gasteiger partial charge in [-0.05, 0) is 5.92 Å². The van der Waals surface area contributed by atoms with E-state index in [1.54, 1.807) is 0 Å². The monoisotopic (exact) mass is 460 g/mol. The van der Waals surface area contributed by atoms with Crippen LogP contribution in [0, 0.1) is 17.8 Å². The zero-order valence-corrected chi connectivity index (χ0v) is 16.5. The van der Waals surface area contributed by atoms with E-state index in [9.17, 15) is 38.3 Å². The maximum atomic E-state index is 14.7. The third kappa shape index (κ3) is 8.32. The summed E-state index contributed by atoms with van der Waals surface area (Å²) in [5.41, 5.74) is 0. The van der Waals surface area contributed by atoms with Gasteiger partial charge in [-0.1, -0.05) is 0 Å². The molecular weight excluding hydrogens is 438 g/mol. The molecule has 0 radical (unpaired) electrons. The average Bonchev–Trinajstić information content (AvgIpc) is 2.55. The summed E-state index contributed by atoms with van der Waals surface area (Å²) in [7, 11) is -5.30. The van der Waals surface area contributed by atoms with Crippen molar-refractivity contribution in [2.45, 2.75) is 44.8 Å². The maximum Gasteiger partial charge on any atom is 0.471 e. The van der Waals surface area contributed by atoms with Gasteiger partial charge in [-0.15, -0.1) is 0 Å². The lowest BCUT2D eigenvalue weighted by Crippen LogP contribution is -2.54. The molecule has 1 rings (SSSR count). The molecule has 15 heteroatoms. The van der Waals surface area contributed by atoms with Crippen LogP contribution in [0.15, 0.2) is 0 Å². The van der Waals surface area contributed by atoms with Crippen LogP contribution in [-0.2, 0) is 37.7 Å². The van der Waals surface area contributed by atoms with Gasteiger partial charge in [-0.3, -0.25) is 23.7 Å². The Morgan fingerprint density at radius 1 is 0.967 bits per heavy atom. The third-order valence-electron chi connectivity index (χ3n) is 4.44. The van der Waals surface area contributed by atoms with Gasteiger partial charge in [0.25, 0.3) is 0 Å². The lowest BCUT2D eigenvalue weighted by atomic mass is 9.70. The minimum absolute atomic E-state index is 0.845. The molecule has 172 valence electrons. The molecule has 1 saturated heterocycles. The summed E-state index contributed by atoms with van der Waals surface area (Å²) >= 11 is 0. The molecule has 0 aromatic carbocycles. The van der Waals surface area contributed by atoms with Crippen LogP contribution in [0.3, 0.4) is 0 Å². The lowest BCUT2D eigenvalue weighted by Gasteiger charge is -2.46. The van der Waals surface area contributed by atoms with Crippen LogP contribution in [0.4, 0.5) is 4.39 Å². The Morgan fingerprint density at radius 2 is 1.43 bits per heavy atom. The van der Waals surface area contributed by atoms with Crippen molar-refractivity contribution in [3.8, 4) is 0 Å². The number of ether oxygens (including phenoxy) is 2. The summed E-state index contributed by atoms with van der Waals surface area (Å²) in [4.78, 5) is 63.0. The Morgan fingerprint density at radius 3 is 1.87 bits per heavy atom. The summed E-state index contributed by atoms with van der Waals surface area (Å²) in [6, 6.07) is 0. The van der Waals surface area contributed by atoms with Gasteiger partial charge in [-0.25, -0.2) is 8.96 Å². The molecule has 0 aliphatic carbocycles. The fourth-order valence-corrected chi connectivity index (χ4v) is 3.90. The van der Waals surface area contributed by atoms with Crippen LogP contribution in [-0.4, -0.2) is 74.2 Å². The quantitative estimate of drug-likeness (QED) is 0.203.